The lowest BCUT2D eigenvalue weighted by atomic mass is 10.1. The number of hydrogen-bond acceptors (Lipinski definition) is 2. The second-order valence-electron chi connectivity index (χ2n) is 5.59. The minimum absolute atomic E-state index is 0.128. The fourth-order valence-electron chi connectivity index (χ4n) is 2.64. The smallest absolute Gasteiger partial charge is 0.229 e. The maximum Gasteiger partial charge on any atom is 0.229 e. The molecule has 0 bridgehead atoms. The van der Waals surface area contributed by atoms with Crippen LogP contribution in [0.15, 0.2) is 45.3 Å². The standard InChI is InChI=1S/C17H12Br2Cl2N2O2/c18-10-4-5-13(11(19)7-10)22-17(25)9-6-15(24)23(8-9)14-3-1-2-12(20)16(14)21/h1-5,7,9H,6,8H2,(H,22,25)/t9-/m0/s1. The number of halogens is 4. The predicted molar refractivity (Wildman–Crippen MR) is 107 cm³/mol. The molecule has 1 saturated heterocycles. The van der Waals surface area contributed by atoms with Gasteiger partial charge >= 0.3 is 0 Å². The summed E-state index contributed by atoms with van der Waals surface area (Å²) >= 11 is 19.0. The molecule has 0 aliphatic carbocycles. The largest absolute Gasteiger partial charge is 0.325 e. The van der Waals surface area contributed by atoms with Crippen LogP contribution in [-0.4, -0.2) is 18.4 Å². The van der Waals surface area contributed by atoms with Gasteiger partial charge in [-0.05, 0) is 46.3 Å². The maximum atomic E-state index is 12.5. The number of nitrogens with zero attached hydrogens (tertiary/aromatic N) is 1. The Morgan fingerprint density at radius 2 is 1.96 bits per heavy atom. The van der Waals surface area contributed by atoms with E-state index in [9.17, 15) is 9.59 Å². The van der Waals surface area contributed by atoms with Gasteiger partial charge in [-0.3, -0.25) is 9.59 Å². The number of anilines is 2. The van der Waals surface area contributed by atoms with Crippen LogP contribution in [-0.2, 0) is 9.59 Å². The first-order valence-corrected chi connectivity index (χ1v) is 9.71. The lowest BCUT2D eigenvalue weighted by Crippen LogP contribution is -2.28. The molecule has 1 atom stereocenters. The Kier molecular flexibility index (Phi) is 5.73. The molecule has 1 aliphatic rings. The summed E-state index contributed by atoms with van der Waals surface area (Å²) in [5.41, 5.74) is 1.18. The van der Waals surface area contributed by atoms with Gasteiger partial charge in [0.2, 0.25) is 11.8 Å². The van der Waals surface area contributed by atoms with Gasteiger partial charge in [0, 0.05) is 21.9 Å². The number of carbonyl (C=O) groups is 2. The fourth-order valence-corrected chi connectivity index (χ4v) is 4.19. The van der Waals surface area contributed by atoms with E-state index in [1.807, 2.05) is 12.1 Å². The lowest BCUT2D eigenvalue weighted by Gasteiger charge is -2.18. The molecule has 25 heavy (non-hydrogen) atoms. The second-order valence-corrected chi connectivity index (χ2v) is 8.15. The van der Waals surface area contributed by atoms with Crippen LogP contribution in [0, 0.1) is 5.92 Å². The number of carbonyl (C=O) groups excluding carboxylic acids is 2. The van der Waals surface area contributed by atoms with Crippen molar-refractivity contribution in [1.82, 2.24) is 0 Å². The van der Waals surface area contributed by atoms with Crippen LogP contribution in [0.4, 0.5) is 11.4 Å². The summed E-state index contributed by atoms with van der Waals surface area (Å²) in [5, 5.41) is 3.54. The van der Waals surface area contributed by atoms with E-state index >= 15 is 0 Å². The molecule has 0 unspecified atom stereocenters. The molecule has 8 heteroatoms. The van der Waals surface area contributed by atoms with Crippen LogP contribution in [0.25, 0.3) is 0 Å². The van der Waals surface area contributed by atoms with Gasteiger partial charge in [-0.15, -0.1) is 0 Å². The van der Waals surface area contributed by atoms with Crippen molar-refractivity contribution < 1.29 is 9.59 Å². The number of benzene rings is 2. The highest BCUT2D eigenvalue weighted by Gasteiger charge is 2.36. The van der Waals surface area contributed by atoms with Gasteiger partial charge in [-0.25, -0.2) is 0 Å². The minimum Gasteiger partial charge on any atom is -0.325 e. The van der Waals surface area contributed by atoms with Crippen LogP contribution < -0.4 is 10.2 Å². The van der Waals surface area contributed by atoms with Gasteiger partial charge in [0.05, 0.1) is 27.3 Å². The molecule has 2 aromatic rings. The molecule has 4 nitrogen and oxygen atoms in total. The molecule has 0 aromatic heterocycles. The summed E-state index contributed by atoms with van der Waals surface area (Å²) < 4.78 is 1.66. The Morgan fingerprint density at radius 3 is 2.68 bits per heavy atom. The highest BCUT2D eigenvalue weighted by Crippen LogP contribution is 2.36. The molecule has 1 fully saturated rings. The van der Waals surface area contributed by atoms with E-state index < -0.39 is 5.92 Å². The SMILES string of the molecule is O=C(Nc1ccc(Br)cc1Br)[C@H]1CC(=O)N(c2cccc(Cl)c2Cl)C1. The van der Waals surface area contributed by atoms with E-state index in [0.29, 0.717) is 21.4 Å². The molecule has 0 saturated carbocycles. The molecule has 2 amide bonds. The molecular weight excluding hydrogens is 495 g/mol. The molecule has 2 aromatic carbocycles. The van der Waals surface area contributed by atoms with Gasteiger partial charge in [-0.2, -0.15) is 0 Å². The molecule has 3 rings (SSSR count). The molecule has 1 aliphatic heterocycles. The van der Waals surface area contributed by atoms with Crippen molar-refractivity contribution in [3.8, 4) is 0 Å². The third-order valence-electron chi connectivity index (χ3n) is 3.91. The average molecular weight is 507 g/mol. The van der Waals surface area contributed by atoms with Crippen LogP contribution in [0.3, 0.4) is 0 Å². The van der Waals surface area contributed by atoms with E-state index in [4.69, 9.17) is 23.2 Å². The Bertz CT molecular complexity index is 861. The zero-order valence-corrected chi connectivity index (χ0v) is 17.4. The van der Waals surface area contributed by atoms with Crippen LogP contribution >= 0.6 is 55.1 Å². The van der Waals surface area contributed by atoms with Gasteiger partial charge in [0.1, 0.15) is 0 Å². The van der Waals surface area contributed by atoms with Crippen molar-refractivity contribution in [2.45, 2.75) is 6.42 Å². The Balaban J connectivity index is 1.75. The Hall–Kier alpha value is -1.08. The second kappa shape index (κ2) is 7.66. The summed E-state index contributed by atoms with van der Waals surface area (Å²) in [4.78, 5) is 26.4. The minimum atomic E-state index is -0.460. The normalized spacial score (nSPS) is 17.0. The first-order chi connectivity index (χ1) is 11.9. The van der Waals surface area contributed by atoms with Crippen molar-refractivity contribution in [2.75, 3.05) is 16.8 Å². The monoisotopic (exact) mass is 504 g/mol. The Morgan fingerprint density at radius 1 is 1.20 bits per heavy atom. The highest BCUT2D eigenvalue weighted by molar-refractivity contribution is 9.11. The molecule has 1 heterocycles. The molecule has 130 valence electrons. The summed E-state index contributed by atoms with van der Waals surface area (Å²) in [5.74, 6) is -0.825. The third-order valence-corrected chi connectivity index (χ3v) is 5.87. The molecular formula is C17H12Br2Cl2N2O2. The van der Waals surface area contributed by atoms with Gasteiger partial charge < -0.3 is 10.2 Å². The summed E-state index contributed by atoms with van der Waals surface area (Å²) in [6, 6.07) is 10.6. The topological polar surface area (TPSA) is 49.4 Å². The van der Waals surface area contributed by atoms with Crippen molar-refractivity contribution >= 4 is 78.3 Å². The van der Waals surface area contributed by atoms with Gasteiger partial charge in [-0.1, -0.05) is 45.2 Å². The number of rotatable bonds is 3. The summed E-state index contributed by atoms with van der Waals surface area (Å²) in [7, 11) is 0. The summed E-state index contributed by atoms with van der Waals surface area (Å²) in [6.45, 7) is 0.263. The van der Waals surface area contributed by atoms with Crippen molar-refractivity contribution in [3.05, 3.63) is 55.4 Å². The summed E-state index contributed by atoms with van der Waals surface area (Å²) in [6.07, 6.45) is 0.128. The number of hydrogen-bond donors (Lipinski definition) is 1. The Labute approximate surface area is 171 Å². The highest BCUT2D eigenvalue weighted by atomic mass is 79.9. The molecule has 0 spiro atoms. The van der Waals surface area contributed by atoms with Crippen LogP contribution in [0.2, 0.25) is 10.0 Å². The fraction of sp³-hybridized carbons (Fsp3) is 0.176. The molecule has 0 radical (unpaired) electrons. The number of nitrogens with one attached hydrogen (secondary N) is 1. The van der Waals surface area contributed by atoms with E-state index in [2.05, 4.69) is 37.2 Å². The average Bonchev–Trinajstić information content (AvgIpc) is 2.94. The van der Waals surface area contributed by atoms with Crippen molar-refractivity contribution in [2.24, 2.45) is 5.92 Å². The van der Waals surface area contributed by atoms with E-state index in [1.165, 1.54) is 4.90 Å². The first-order valence-electron chi connectivity index (χ1n) is 7.37. The van der Waals surface area contributed by atoms with Crippen molar-refractivity contribution in [1.29, 1.82) is 0 Å². The number of amides is 2. The zero-order chi connectivity index (χ0) is 18.1. The van der Waals surface area contributed by atoms with E-state index in [1.54, 1.807) is 24.3 Å². The predicted octanol–water partition coefficient (Wildman–Crippen LogP) is 5.51. The first kappa shape index (κ1) is 18.7. The van der Waals surface area contributed by atoms with Crippen LogP contribution in [0.5, 0.6) is 0 Å². The third kappa shape index (κ3) is 4.03. The maximum absolute atomic E-state index is 12.5. The van der Waals surface area contributed by atoms with Gasteiger partial charge in [0.25, 0.3) is 0 Å². The molecule has 1 N–H and O–H groups in total. The quantitative estimate of drug-likeness (QED) is 0.596. The van der Waals surface area contributed by atoms with E-state index in [-0.39, 0.29) is 24.8 Å². The zero-order valence-electron chi connectivity index (χ0n) is 12.7. The lowest BCUT2D eigenvalue weighted by molar-refractivity contribution is -0.122. The van der Waals surface area contributed by atoms with Crippen LogP contribution in [0.1, 0.15) is 6.42 Å². The van der Waals surface area contributed by atoms with Gasteiger partial charge in [0.15, 0.2) is 0 Å². The van der Waals surface area contributed by atoms with Crippen molar-refractivity contribution in [3.63, 3.8) is 0 Å². The van der Waals surface area contributed by atoms with E-state index in [0.717, 1.165) is 8.95 Å².